The first-order valence-electron chi connectivity index (χ1n) is 19.0. The van der Waals surface area contributed by atoms with Gasteiger partial charge < -0.3 is 0 Å². The number of hydrogen-bond acceptors (Lipinski definition) is 0. The van der Waals surface area contributed by atoms with Gasteiger partial charge >= 0.3 is 259 Å². The molecule has 0 N–H and O–H groups in total. The van der Waals surface area contributed by atoms with Crippen molar-refractivity contribution in [1.82, 2.24) is 0 Å². The topological polar surface area (TPSA) is 0 Å². The fourth-order valence-electron chi connectivity index (χ4n) is 17.8. The molecule has 8 rings (SSSR count). The second-order valence-corrected chi connectivity index (χ2v) is 26.7. The summed E-state index contributed by atoms with van der Waals surface area (Å²) in [5, 5.41) is 0. The van der Waals surface area contributed by atoms with Crippen LogP contribution >= 0.6 is 0 Å². The third kappa shape index (κ3) is 2.73. The zero-order valence-corrected chi connectivity index (χ0v) is 30.6. The van der Waals surface area contributed by atoms with E-state index in [4.69, 9.17) is 0 Å². The van der Waals surface area contributed by atoms with E-state index in [1.165, 1.54) is 0 Å². The van der Waals surface area contributed by atoms with Gasteiger partial charge in [0.05, 0.1) is 0 Å². The molecule has 0 heterocycles. The monoisotopic (exact) mass is 600 g/mol. The van der Waals surface area contributed by atoms with E-state index in [9.17, 15) is 0 Å². The van der Waals surface area contributed by atoms with Gasteiger partial charge in [0, 0.05) is 0 Å². The summed E-state index contributed by atoms with van der Waals surface area (Å²) in [7, 11) is 0. The molecule has 20 atom stereocenters. The van der Waals surface area contributed by atoms with E-state index in [-0.39, 0.29) is 0 Å². The molecule has 0 saturated heterocycles. The van der Waals surface area contributed by atoms with Crippen LogP contribution in [-0.4, -0.2) is 0 Å². The molecular formula is C40H68Cr. The Morgan fingerprint density at radius 3 is 0.683 bits per heavy atom. The van der Waals surface area contributed by atoms with Crippen molar-refractivity contribution >= 4 is 0 Å². The normalized spacial score (nSPS) is 69.6. The summed E-state index contributed by atoms with van der Waals surface area (Å²) in [6, 6.07) is 0. The number of hydrogen-bond donors (Lipinski definition) is 0. The van der Waals surface area contributed by atoms with E-state index < -0.39 is 13.1 Å². The molecule has 41 heavy (non-hydrogen) atoms. The Bertz CT molecular complexity index is 937. The Kier molecular flexibility index (Phi) is 5.98. The van der Waals surface area contributed by atoms with Crippen LogP contribution in [0.25, 0.3) is 0 Å². The van der Waals surface area contributed by atoms with Gasteiger partial charge in [-0.2, -0.15) is 0 Å². The van der Waals surface area contributed by atoms with Gasteiger partial charge in [0.1, 0.15) is 0 Å². The molecule has 0 aromatic rings. The predicted molar refractivity (Wildman–Crippen MR) is 172 cm³/mol. The summed E-state index contributed by atoms with van der Waals surface area (Å²) in [5.41, 5.74) is 0. The Balaban J connectivity index is 1.53. The van der Waals surface area contributed by atoms with Crippen LogP contribution in [0.4, 0.5) is 0 Å². The molecule has 20 unspecified atom stereocenters. The standard InChI is InChI=1S/4C10H17.Cr/c4*1-6-4-9-5-10(6)8(3)7(9)2;/h4*6-8,10H,4-5H2,1-3H3;. The van der Waals surface area contributed by atoms with Crippen molar-refractivity contribution < 1.29 is 13.1 Å². The van der Waals surface area contributed by atoms with Crippen LogP contribution in [0, 0.1) is 94.7 Å². The zero-order valence-electron chi connectivity index (χ0n) is 29.3. The molecule has 0 spiro atoms. The SMILES string of the molecule is CC1C[C]2([Cr]([C]34CC(C)C(C3)C(C)C4C)([C]34CC(C)C(C3)C(C)C4C)[C]34CC(C)C(C3)C(C)C4C)CC1C(C)C2C. The van der Waals surface area contributed by atoms with Crippen molar-refractivity contribution in [3.05, 3.63) is 0 Å². The van der Waals surface area contributed by atoms with Gasteiger partial charge in [-0.25, -0.2) is 0 Å². The van der Waals surface area contributed by atoms with Gasteiger partial charge in [-0.15, -0.1) is 0 Å². The van der Waals surface area contributed by atoms with Crippen molar-refractivity contribution in [2.45, 2.75) is 152 Å². The summed E-state index contributed by atoms with van der Waals surface area (Å²) < 4.78 is 2.80. The van der Waals surface area contributed by atoms with Crippen LogP contribution in [0.3, 0.4) is 0 Å². The van der Waals surface area contributed by atoms with E-state index in [1.807, 2.05) is 0 Å². The molecule has 8 aliphatic rings. The second kappa shape index (κ2) is 8.46. The Labute approximate surface area is 258 Å². The third-order valence-electron chi connectivity index (χ3n) is 19.5. The van der Waals surface area contributed by atoms with Gasteiger partial charge in [0.25, 0.3) is 0 Å². The molecule has 234 valence electrons. The van der Waals surface area contributed by atoms with E-state index in [2.05, 4.69) is 83.1 Å². The molecule has 8 bridgehead atoms. The molecule has 8 saturated carbocycles. The fraction of sp³-hybridized carbons (Fsp3) is 1.00. The van der Waals surface area contributed by atoms with Crippen LogP contribution < -0.4 is 0 Å². The number of fused-ring (bicyclic) bond motifs is 8. The quantitative estimate of drug-likeness (QED) is 0.301. The average molecular weight is 601 g/mol. The van der Waals surface area contributed by atoms with E-state index in [0.29, 0.717) is 17.1 Å². The third-order valence-corrected chi connectivity index (χ3v) is 31.6. The summed E-state index contributed by atoms with van der Waals surface area (Å²) >= 11 is -2.41. The summed E-state index contributed by atoms with van der Waals surface area (Å²) in [5.74, 6) is 15.6. The van der Waals surface area contributed by atoms with Gasteiger partial charge in [0.15, 0.2) is 0 Å². The molecule has 0 nitrogen and oxygen atoms in total. The molecule has 8 fully saturated rings. The van der Waals surface area contributed by atoms with Crippen LogP contribution in [0.15, 0.2) is 0 Å². The minimum absolute atomic E-state index is 0.701. The van der Waals surface area contributed by atoms with Crippen LogP contribution in [0.1, 0.15) is 134 Å². The first-order chi connectivity index (χ1) is 19.2. The van der Waals surface area contributed by atoms with Crippen LogP contribution in [0.5, 0.6) is 0 Å². The van der Waals surface area contributed by atoms with Gasteiger partial charge in [0.2, 0.25) is 0 Å². The molecule has 8 aliphatic carbocycles. The first-order valence-corrected chi connectivity index (χ1v) is 21.5. The van der Waals surface area contributed by atoms with Gasteiger partial charge in [-0.3, -0.25) is 0 Å². The Morgan fingerprint density at radius 2 is 0.512 bits per heavy atom. The van der Waals surface area contributed by atoms with E-state index in [1.54, 1.807) is 51.4 Å². The van der Waals surface area contributed by atoms with Gasteiger partial charge in [-0.05, 0) is 0 Å². The first kappa shape index (κ1) is 29.0. The van der Waals surface area contributed by atoms with Crippen molar-refractivity contribution in [1.29, 1.82) is 0 Å². The van der Waals surface area contributed by atoms with Gasteiger partial charge in [-0.1, -0.05) is 0 Å². The molecular weight excluding hydrogens is 532 g/mol. The summed E-state index contributed by atoms with van der Waals surface area (Å²) in [4.78, 5) is 0. The average Bonchev–Trinajstić information content (AvgIpc) is 3.77. The van der Waals surface area contributed by atoms with E-state index >= 15 is 0 Å². The van der Waals surface area contributed by atoms with Crippen molar-refractivity contribution in [3.63, 3.8) is 0 Å². The minimum atomic E-state index is -2.41. The van der Waals surface area contributed by atoms with Crippen LogP contribution in [-0.2, 0) is 13.1 Å². The van der Waals surface area contributed by atoms with Crippen LogP contribution in [0.2, 0.25) is 17.1 Å². The summed E-state index contributed by atoms with van der Waals surface area (Å²) in [6.45, 7) is 33.7. The summed E-state index contributed by atoms with van der Waals surface area (Å²) in [6.07, 6.45) is 13.3. The maximum absolute atomic E-state index is 2.89. The molecule has 0 amide bonds. The molecule has 0 aromatic heterocycles. The van der Waals surface area contributed by atoms with Crippen molar-refractivity contribution in [3.8, 4) is 0 Å². The fourth-order valence-corrected chi connectivity index (χ4v) is 36.1. The van der Waals surface area contributed by atoms with Crippen molar-refractivity contribution in [2.24, 2.45) is 94.7 Å². The molecule has 0 aromatic carbocycles. The predicted octanol–water partition coefficient (Wildman–Crippen LogP) is 12.1. The molecule has 0 aliphatic heterocycles. The zero-order chi connectivity index (χ0) is 29.4. The van der Waals surface area contributed by atoms with Crippen molar-refractivity contribution in [2.75, 3.05) is 0 Å². The Hall–Kier alpha value is 0.532. The molecule has 1 heteroatoms. The maximum atomic E-state index is 2.89. The number of rotatable bonds is 4. The molecule has 0 radical (unpaired) electrons. The van der Waals surface area contributed by atoms with E-state index in [0.717, 1.165) is 94.7 Å². The Morgan fingerprint density at radius 1 is 0.317 bits per heavy atom. The second-order valence-electron chi connectivity index (χ2n) is 19.7.